The predicted molar refractivity (Wildman–Crippen MR) is 59.2 cm³/mol. The number of carboxylic acid groups (broad SMARTS) is 1. The average Bonchev–Trinajstić information content (AvgIpc) is 2.92. The summed E-state index contributed by atoms with van der Waals surface area (Å²) in [7, 11) is 0. The molecule has 2 rings (SSSR count). The molecule has 0 heterocycles. The smallest absolute Gasteiger partial charge is 0.336 e. The third-order valence-corrected chi connectivity index (χ3v) is 1.84. The maximum Gasteiger partial charge on any atom is 0.336 e. The van der Waals surface area contributed by atoms with E-state index in [0.717, 1.165) is 0 Å². The fourth-order valence-electron chi connectivity index (χ4n) is 1.12. The van der Waals surface area contributed by atoms with Crippen LogP contribution in [0.25, 0.3) is 0 Å². The zero-order valence-corrected chi connectivity index (χ0v) is 9.67. The Morgan fingerprint density at radius 1 is 1.12 bits per heavy atom. The molecule has 0 radical (unpaired) electrons. The van der Waals surface area contributed by atoms with Crippen LogP contribution in [0.5, 0.6) is 0 Å². The van der Waals surface area contributed by atoms with Crippen molar-refractivity contribution in [3.63, 3.8) is 0 Å². The van der Waals surface area contributed by atoms with E-state index in [-0.39, 0.29) is 27.6 Å². The van der Waals surface area contributed by atoms with E-state index >= 15 is 0 Å². The van der Waals surface area contributed by atoms with Gasteiger partial charge in [0.25, 0.3) is 5.95 Å². The molecule has 0 aromatic heterocycles. The van der Waals surface area contributed by atoms with Gasteiger partial charge in [-0.1, -0.05) is 6.08 Å². The molecule has 17 heavy (non-hydrogen) atoms. The molecule has 5 heteroatoms. The molecule has 0 fully saturated rings. The van der Waals surface area contributed by atoms with Crippen molar-refractivity contribution in [2.24, 2.45) is 0 Å². The van der Waals surface area contributed by atoms with Crippen LogP contribution >= 0.6 is 0 Å². The number of rotatable bonds is 1. The van der Waals surface area contributed by atoms with Gasteiger partial charge in [0.05, 0.1) is 11.1 Å². The van der Waals surface area contributed by atoms with E-state index < -0.39 is 11.9 Å². The SMILES string of the molecule is O=C(O)C1=CC=CC1=C(O)O.[Ni].c1cc[cH-]c1. The van der Waals surface area contributed by atoms with Gasteiger partial charge >= 0.3 is 5.97 Å². The quantitative estimate of drug-likeness (QED) is 0.418. The Balaban J connectivity index is 0.000000360. The molecule has 1 aliphatic carbocycles. The normalized spacial score (nSPS) is 12.0. The van der Waals surface area contributed by atoms with E-state index in [9.17, 15) is 4.79 Å². The summed E-state index contributed by atoms with van der Waals surface area (Å²) >= 11 is 0. The van der Waals surface area contributed by atoms with Gasteiger partial charge in [0.1, 0.15) is 0 Å². The van der Waals surface area contributed by atoms with Crippen molar-refractivity contribution in [1.82, 2.24) is 0 Å². The van der Waals surface area contributed by atoms with Crippen molar-refractivity contribution < 1.29 is 36.6 Å². The van der Waals surface area contributed by atoms with Gasteiger partial charge < -0.3 is 15.3 Å². The average molecular weight is 278 g/mol. The van der Waals surface area contributed by atoms with Gasteiger partial charge in [0.2, 0.25) is 0 Å². The van der Waals surface area contributed by atoms with Crippen LogP contribution in [0.3, 0.4) is 0 Å². The standard InChI is InChI=1S/C7H6O4.C5H5.Ni/c8-6(9)4-2-1-3-5(4)7(10)11;1-2-4-5-3-1;/h1-3,8-9H,(H,10,11);1-5H;/q;-1;. The minimum absolute atomic E-state index is 0. The van der Waals surface area contributed by atoms with E-state index in [4.69, 9.17) is 15.3 Å². The number of aliphatic hydroxyl groups excluding tert-OH is 1. The van der Waals surface area contributed by atoms with Gasteiger partial charge in [-0.15, -0.1) is 0 Å². The van der Waals surface area contributed by atoms with Crippen molar-refractivity contribution in [2.75, 3.05) is 0 Å². The molecule has 0 unspecified atom stereocenters. The molecule has 0 spiro atoms. The minimum Gasteiger partial charge on any atom is -0.481 e. The Hall–Kier alpha value is -1.87. The molecule has 1 aromatic rings. The Morgan fingerprint density at radius 2 is 1.71 bits per heavy atom. The van der Waals surface area contributed by atoms with E-state index in [1.165, 1.54) is 18.2 Å². The van der Waals surface area contributed by atoms with Crippen molar-refractivity contribution in [1.29, 1.82) is 0 Å². The van der Waals surface area contributed by atoms with Gasteiger partial charge in [-0.05, 0) is 12.2 Å². The monoisotopic (exact) mass is 277 g/mol. The number of carbonyl (C=O) groups is 1. The third-order valence-electron chi connectivity index (χ3n) is 1.84. The number of hydrogen-bond acceptors (Lipinski definition) is 3. The first kappa shape index (κ1) is 15.1. The first-order valence-corrected chi connectivity index (χ1v) is 4.54. The predicted octanol–water partition coefficient (Wildman–Crippen LogP) is 2.30. The summed E-state index contributed by atoms with van der Waals surface area (Å²) in [5.41, 5.74) is -0.164. The summed E-state index contributed by atoms with van der Waals surface area (Å²) in [6, 6.07) is 10.0. The summed E-state index contributed by atoms with van der Waals surface area (Å²) in [6.45, 7) is 0. The Morgan fingerprint density at radius 3 is 2.00 bits per heavy atom. The van der Waals surface area contributed by atoms with Crippen LogP contribution in [0, 0.1) is 0 Å². The van der Waals surface area contributed by atoms with Crippen LogP contribution in [0.2, 0.25) is 0 Å². The van der Waals surface area contributed by atoms with Crippen LogP contribution in [-0.2, 0) is 21.3 Å². The third kappa shape index (κ3) is 4.66. The van der Waals surface area contributed by atoms with Crippen molar-refractivity contribution in [2.45, 2.75) is 0 Å². The van der Waals surface area contributed by atoms with E-state index in [0.29, 0.717) is 0 Å². The molecule has 1 aromatic carbocycles. The number of carboxylic acids is 1. The van der Waals surface area contributed by atoms with Gasteiger partial charge in [-0.25, -0.2) is 16.9 Å². The summed E-state index contributed by atoms with van der Waals surface area (Å²) in [4.78, 5) is 10.4. The Labute approximate surface area is 108 Å². The van der Waals surface area contributed by atoms with Gasteiger partial charge in [-0.3, -0.25) is 0 Å². The molecule has 4 nitrogen and oxygen atoms in total. The zero-order chi connectivity index (χ0) is 12.0. The molecule has 94 valence electrons. The summed E-state index contributed by atoms with van der Waals surface area (Å²) in [5, 5.41) is 25.6. The van der Waals surface area contributed by atoms with Crippen LogP contribution in [0.4, 0.5) is 0 Å². The summed E-state index contributed by atoms with van der Waals surface area (Å²) in [6.07, 6.45) is 4.05. The first-order chi connectivity index (χ1) is 7.63. The van der Waals surface area contributed by atoms with Crippen LogP contribution < -0.4 is 0 Å². The van der Waals surface area contributed by atoms with E-state index in [1.807, 2.05) is 30.3 Å². The largest absolute Gasteiger partial charge is 0.481 e. The van der Waals surface area contributed by atoms with Crippen LogP contribution in [0.15, 0.2) is 65.7 Å². The summed E-state index contributed by atoms with van der Waals surface area (Å²) in [5.74, 6) is -2.14. The van der Waals surface area contributed by atoms with Crippen molar-refractivity contribution in [3.05, 3.63) is 65.7 Å². The molecule has 3 N–H and O–H groups in total. The van der Waals surface area contributed by atoms with Gasteiger partial charge in [-0.2, -0.15) is 18.2 Å². The molecule has 0 atom stereocenters. The molecule has 0 saturated heterocycles. The first-order valence-electron chi connectivity index (χ1n) is 4.54. The topological polar surface area (TPSA) is 77.8 Å². The van der Waals surface area contributed by atoms with Crippen molar-refractivity contribution >= 4 is 5.97 Å². The molecule has 0 saturated carbocycles. The van der Waals surface area contributed by atoms with E-state index in [2.05, 4.69) is 0 Å². The fourth-order valence-corrected chi connectivity index (χ4v) is 1.12. The van der Waals surface area contributed by atoms with Gasteiger partial charge in [0.15, 0.2) is 0 Å². The summed E-state index contributed by atoms with van der Waals surface area (Å²) < 4.78 is 0. The van der Waals surface area contributed by atoms with Crippen LogP contribution in [0.1, 0.15) is 0 Å². The van der Waals surface area contributed by atoms with Crippen LogP contribution in [-0.4, -0.2) is 21.3 Å². The molecule has 0 aliphatic heterocycles. The van der Waals surface area contributed by atoms with Gasteiger partial charge in [0, 0.05) is 16.5 Å². The maximum atomic E-state index is 10.4. The molecule has 1 aliphatic rings. The second kappa shape index (κ2) is 7.41. The number of allylic oxidation sites excluding steroid dienone is 3. The second-order valence-corrected chi connectivity index (χ2v) is 2.94. The molecular formula is C12H11NiO4-. The fraction of sp³-hybridized carbons (Fsp3) is 0. The maximum absolute atomic E-state index is 10.4. The number of aliphatic carboxylic acids is 1. The number of hydrogen-bond donors (Lipinski definition) is 3. The zero-order valence-electron chi connectivity index (χ0n) is 8.68. The molecule has 0 bridgehead atoms. The number of aliphatic hydroxyl groups is 2. The Bertz CT molecular complexity index is 420. The minimum atomic E-state index is -1.18. The van der Waals surface area contributed by atoms with E-state index in [1.54, 1.807) is 0 Å². The molecule has 0 amide bonds. The Kier molecular flexibility index (Phi) is 6.60. The van der Waals surface area contributed by atoms with Crippen molar-refractivity contribution in [3.8, 4) is 0 Å². The molecular weight excluding hydrogens is 267 g/mol. The second-order valence-electron chi connectivity index (χ2n) is 2.94.